The van der Waals surface area contributed by atoms with Gasteiger partial charge in [0.15, 0.2) is 0 Å². The summed E-state index contributed by atoms with van der Waals surface area (Å²) in [5.74, 6) is 1.77. The Labute approximate surface area is 147 Å². The Kier molecular flexibility index (Phi) is 5.95. The zero-order chi connectivity index (χ0) is 17.5. The van der Waals surface area contributed by atoms with Crippen molar-refractivity contribution in [3.63, 3.8) is 0 Å². The fraction of sp³-hybridized carbons (Fsp3) is 0.421. The van der Waals surface area contributed by atoms with E-state index in [1.165, 1.54) is 18.4 Å². The molecule has 1 heterocycles. The number of nitrogens with zero attached hydrogens (tertiary/aromatic N) is 2. The maximum atomic E-state index is 11.2. The minimum absolute atomic E-state index is 0.197. The molecule has 0 bridgehead atoms. The Morgan fingerprint density at radius 1 is 1.20 bits per heavy atom. The van der Waals surface area contributed by atoms with E-state index in [4.69, 9.17) is 9.47 Å². The highest BCUT2D eigenvalue weighted by atomic mass is 16.5. The number of nitrogens with one attached hydrogen (secondary N) is 1. The quantitative estimate of drug-likeness (QED) is 0.558. The molecule has 0 unspecified atom stereocenters. The van der Waals surface area contributed by atoms with Crippen molar-refractivity contribution < 1.29 is 14.3 Å². The zero-order valence-electron chi connectivity index (χ0n) is 14.4. The number of hydrogen-bond donors (Lipinski definition) is 1. The van der Waals surface area contributed by atoms with Crippen LogP contribution in [-0.4, -0.2) is 29.1 Å². The van der Waals surface area contributed by atoms with Gasteiger partial charge in [0.25, 0.3) is 0 Å². The van der Waals surface area contributed by atoms with Crippen molar-refractivity contribution in [2.75, 3.05) is 13.2 Å². The van der Waals surface area contributed by atoms with Crippen LogP contribution in [0.3, 0.4) is 0 Å². The number of carbonyl (C=O) groups excluding carboxylic acids is 1. The minimum Gasteiger partial charge on any atom is -0.466 e. The van der Waals surface area contributed by atoms with E-state index in [1.807, 2.05) is 12.1 Å². The molecule has 0 radical (unpaired) electrons. The van der Waals surface area contributed by atoms with Crippen molar-refractivity contribution >= 4 is 5.97 Å². The average Bonchev–Trinajstić information content (AvgIpc) is 3.46. The van der Waals surface area contributed by atoms with E-state index >= 15 is 0 Å². The number of ether oxygens (including phenoxy) is 2. The Morgan fingerprint density at radius 3 is 2.64 bits per heavy atom. The second kappa shape index (κ2) is 8.58. The third-order valence-electron chi connectivity index (χ3n) is 3.95. The van der Waals surface area contributed by atoms with E-state index in [2.05, 4.69) is 27.4 Å². The third kappa shape index (κ3) is 5.53. The molecule has 6 nitrogen and oxygen atoms in total. The third-order valence-corrected chi connectivity index (χ3v) is 3.95. The number of carbonyl (C=O) groups is 1. The van der Waals surface area contributed by atoms with Gasteiger partial charge in [0, 0.05) is 13.1 Å². The molecule has 6 heteroatoms. The van der Waals surface area contributed by atoms with E-state index in [0.29, 0.717) is 32.0 Å². The molecule has 0 spiro atoms. The van der Waals surface area contributed by atoms with Crippen molar-refractivity contribution in [3.05, 3.63) is 47.9 Å². The standard InChI is InChI=1S/C19H23N3O3/c1-2-24-19(23)9-10-20-11-16-12-22-18(13-21-16)25-17-7-5-15(6-8-17)14-3-4-14/h5-8,12-14,20H,2-4,9-11H2,1H3. The predicted molar refractivity (Wildman–Crippen MR) is 93.5 cm³/mol. The van der Waals surface area contributed by atoms with Crippen molar-refractivity contribution in [2.24, 2.45) is 0 Å². The van der Waals surface area contributed by atoms with Crippen LogP contribution >= 0.6 is 0 Å². The summed E-state index contributed by atoms with van der Waals surface area (Å²) in [5, 5.41) is 3.14. The first kappa shape index (κ1) is 17.4. The summed E-state index contributed by atoms with van der Waals surface area (Å²) < 4.78 is 10.6. The lowest BCUT2D eigenvalue weighted by atomic mass is 10.1. The van der Waals surface area contributed by atoms with Crippen LogP contribution < -0.4 is 10.1 Å². The highest BCUT2D eigenvalue weighted by molar-refractivity contribution is 5.69. The van der Waals surface area contributed by atoms with Gasteiger partial charge in [-0.1, -0.05) is 12.1 Å². The Hall–Kier alpha value is -2.47. The van der Waals surface area contributed by atoms with E-state index in [0.717, 1.165) is 17.4 Å². The van der Waals surface area contributed by atoms with Crippen LogP contribution in [-0.2, 0) is 16.1 Å². The summed E-state index contributed by atoms with van der Waals surface area (Å²) in [5.41, 5.74) is 2.17. The first-order valence-electron chi connectivity index (χ1n) is 8.69. The molecular formula is C19H23N3O3. The summed E-state index contributed by atoms with van der Waals surface area (Å²) in [4.78, 5) is 19.8. The number of benzene rings is 1. The molecular weight excluding hydrogens is 318 g/mol. The predicted octanol–water partition coefficient (Wildman–Crippen LogP) is 3.19. The van der Waals surface area contributed by atoms with Gasteiger partial charge in [-0.3, -0.25) is 9.78 Å². The van der Waals surface area contributed by atoms with Crippen LogP contribution in [0.5, 0.6) is 11.6 Å². The summed E-state index contributed by atoms with van der Waals surface area (Å²) >= 11 is 0. The van der Waals surface area contributed by atoms with Crippen LogP contribution in [0.1, 0.15) is 43.4 Å². The Morgan fingerprint density at radius 2 is 2.00 bits per heavy atom. The van der Waals surface area contributed by atoms with Gasteiger partial charge in [-0.05, 0) is 43.4 Å². The topological polar surface area (TPSA) is 73.3 Å². The second-order valence-corrected chi connectivity index (χ2v) is 6.02. The molecule has 1 aromatic carbocycles. The fourth-order valence-corrected chi connectivity index (χ4v) is 2.47. The Balaban J connectivity index is 1.42. The molecule has 132 valence electrons. The summed E-state index contributed by atoms with van der Waals surface area (Å²) in [6.07, 6.45) is 6.21. The highest BCUT2D eigenvalue weighted by Crippen LogP contribution is 2.40. The van der Waals surface area contributed by atoms with Gasteiger partial charge in [0.05, 0.1) is 31.1 Å². The lowest BCUT2D eigenvalue weighted by molar-refractivity contribution is -0.142. The van der Waals surface area contributed by atoms with E-state index in [9.17, 15) is 4.79 Å². The van der Waals surface area contributed by atoms with Crippen molar-refractivity contribution in [2.45, 2.75) is 38.6 Å². The van der Waals surface area contributed by atoms with E-state index < -0.39 is 0 Å². The van der Waals surface area contributed by atoms with Crippen LogP contribution in [0, 0.1) is 0 Å². The molecule has 1 aliphatic carbocycles. The summed E-state index contributed by atoms with van der Waals surface area (Å²) in [7, 11) is 0. The number of aromatic nitrogens is 2. The summed E-state index contributed by atoms with van der Waals surface area (Å²) in [6, 6.07) is 8.17. The molecule has 2 aromatic rings. The fourth-order valence-electron chi connectivity index (χ4n) is 2.47. The lowest BCUT2D eigenvalue weighted by Crippen LogP contribution is -2.19. The maximum Gasteiger partial charge on any atom is 0.307 e. The molecule has 0 saturated heterocycles. The first-order chi connectivity index (χ1) is 12.2. The Bertz CT molecular complexity index is 682. The van der Waals surface area contributed by atoms with Gasteiger partial charge < -0.3 is 14.8 Å². The molecule has 3 rings (SSSR count). The summed E-state index contributed by atoms with van der Waals surface area (Å²) in [6.45, 7) is 3.30. The van der Waals surface area contributed by atoms with Crippen LogP contribution in [0.25, 0.3) is 0 Å². The molecule has 0 atom stereocenters. The van der Waals surface area contributed by atoms with Gasteiger partial charge in [0.1, 0.15) is 5.75 Å². The number of esters is 1. The van der Waals surface area contributed by atoms with Gasteiger partial charge in [-0.2, -0.15) is 0 Å². The van der Waals surface area contributed by atoms with Crippen LogP contribution in [0.2, 0.25) is 0 Å². The van der Waals surface area contributed by atoms with Gasteiger partial charge >= 0.3 is 5.97 Å². The van der Waals surface area contributed by atoms with Gasteiger partial charge in [0.2, 0.25) is 5.88 Å². The van der Waals surface area contributed by atoms with Crippen molar-refractivity contribution in [3.8, 4) is 11.6 Å². The zero-order valence-corrected chi connectivity index (χ0v) is 14.4. The monoisotopic (exact) mass is 341 g/mol. The minimum atomic E-state index is -0.197. The van der Waals surface area contributed by atoms with E-state index in [1.54, 1.807) is 19.3 Å². The molecule has 1 aromatic heterocycles. The average molecular weight is 341 g/mol. The molecule has 25 heavy (non-hydrogen) atoms. The largest absolute Gasteiger partial charge is 0.466 e. The van der Waals surface area contributed by atoms with Gasteiger partial charge in [-0.25, -0.2) is 4.98 Å². The molecule has 1 saturated carbocycles. The van der Waals surface area contributed by atoms with Crippen molar-refractivity contribution in [1.82, 2.24) is 15.3 Å². The smallest absolute Gasteiger partial charge is 0.307 e. The number of hydrogen-bond acceptors (Lipinski definition) is 6. The molecule has 1 N–H and O–H groups in total. The first-order valence-corrected chi connectivity index (χ1v) is 8.69. The SMILES string of the molecule is CCOC(=O)CCNCc1cnc(Oc2ccc(C3CC3)cc2)cn1. The highest BCUT2D eigenvalue weighted by Gasteiger charge is 2.23. The molecule has 0 amide bonds. The normalized spacial score (nSPS) is 13.5. The molecule has 1 aliphatic rings. The molecule has 1 fully saturated rings. The second-order valence-electron chi connectivity index (χ2n) is 6.02. The van der Waals surface area contributed by atoms with Gasteiger partial charge in [-0.15, -0.1) is 0 Å². The maximum absolute atomic E-state index is 11.2. The van der Waals surface area contributed by atoms with Crippen LogP contribution in [0.15, 0.2) is 36.7 Å². The van der Waals surface area contributed by atoms with E-state index in [-0.39, 0.29) is 5.97 Å². The lowest BCUT2D eigenvalue weighted by Gasteiger charge is -2.07. The molecule has 0 aliphatic heterocycles. The van der Waals surface area contributed by atoms with Crippen LogP contribution in [0.4, 0.5) is 0 Å². The number of rotatable bonds is 9. The van der Waals surface area contributed by atoms with Crippen molar-refractivity contribution in [1.29, 1.82) is 0 Å².